The van der Waals surface area contributed by atoms with E-state index in [-0.39, 0.29) is 30.8 Å². The number of hydroxylamine groups is 1. The normalized spacial score (nSPS) is 13.6. The number of carbonyl (C=O) groups excluding carboxylic acids is 3. The van der Waals surface area contributed by atoms with Crippen LogP contribution in [0, 0.1) is 17.3 Å². The topological polar surface area (TPSA) is 102 Å². The number of nitrogens with two attached hydrogens (primary N) is 1. The summed E-state index contributed by atoms with van der Waals surface area (Å²) in [6, 6.07) is 8.72. The lowest BCUT2D eigenvalue weighted by Crippen LogP contribution is -2.52. The predicted octanol–water partition coefficient (Wildman–Crippen LogP) is 3.04. The molecule has 0 heterocycles. The molecular formula is C23H37N3O4. The summed E-state index contributed by atoms with van der Waals surface area (Å²) in [6.45, 7) is 9.86. The van der Waals surface area contributed by atoms with Crippen LogP contribution in [0.5, 0.6) is 0 Å². The SMILES string of the molecule is CC(C)CC(CCC(=O)NOCc1ccccc1)C(=O)N(C)C(=O)[C@@H](N)C(C)(C)C. The molecule has 0 saturated heterocycles. The van der Waals surface area contributed by atoms with Gasteiger partial charge in [0.2, 0.25) is 17.7 Å². The van der Waals surface area contributed by atoms with Crippen LogP contribution >= 0.6 is 0 Å². The lowest BCUT2D eigenvalue weighted by Gasteiger charge is -2.31. The molecule has 1 unspecified atom stereocenters. The summed E-state index contributed by atoms with van der Waals surface area (Å²) < 4.78 is 0. The van der Waals surface area contributed by atoms with E-state index in [1.54, 1.807) is 0 Å². The average Bonchev–Trinajstić information content (AvgIpc) is 2.68. The van der Waals surface area contributed by atoms with Crippen molar-refractivity contribution in [3.05, 3.63) is 35.9 Å². The number of imide groups is 1. The number of carbonyl (C=O) groups is 3. The van der Waals surface area contributed by atoms with Crippen molar-refractivity contribution in [2.75, 3.05) is 7.05 Å². The third-order valence-corrected chi connectivity index (χ3v) is 4.95. The van der Waals surface area contributed by atoms with Gasteiger partial charge >= 0.3 is 0 Å². The van der Waals surface area contributed by atoms with Gasteiger partial charge in [0, 0.05) is 19.4 Å². The molecule has 1 aromatic rings. The average molecular weight is 420 g/mol. The Bertz CT molecular complexity index is 698. The van der Waals surface area contributed by atoms with Crippen molar-refractivity contribution in [1.82, 2.24) is 10.4 Å². The van der Waals surface area contributed by atoms with Crippen molar-refractivity contribution in [1.29, 1.82) is 0 Å². The molecule has 0 aliphatic carbocycles. The highest BCUT2D eigenvalue weighted by molar-refractivity contribution is 5.98. The lowest BCUT2D eigenvalue weighted by atomic mass is 9.86. The standard InChI is InChI=1S/C23H37N3O4/c1-16(2)14-18(21(28)26(6)22(29)20(24)23(3,4)5)12-13-19(27)25-30-15-17-10-8-7-9-11-17/h7-11,16,18,20H,12-15,24H2,1-6H3,(H,25,27)/t18?,20-/m1/s1. The van der Waals surface area contributed by atoms with Gasteiger partial charge in [0.25, 0.3) is 0 Å². The number of rotatable bonds is 10. The van der Waals surface area contributed by atoms with Gasteiger partial charge in [0.1, 0.15) is 0 Å². The zero-order valence-corrected chi connectivity index (χ0v) is 19.1. The molecule has 168 valence electrons. The molecule has 0 aromatic heterocycles. The Morgan fingerprint density at radius 3 is 2.23 bits per heavy atom. The maximum Gasteiger partial charge on any atom is 0.246 e. The van der Waals surface area contributed by atoms with E-state index in [0.29, 0.717) is 12.8 Å². The predicted molar refractivity (Wildman–Crippen MR) is 117 cm³/mol. The molecule has 0 bridgehead atoms. The number of amides is 3. The van der Waals surface area contributed by atoms with Gasteiger partial charge < -0.3 is 5.73 Å². The molecule has 0 saturated carbocycles. The van der Waals surface area contributed by atoms with Crippen molar-refractivity contribution in [3.63, 3.8) is 0 Å². The van der Waals surface area contributed by atoms with E-state index < -0.39 is 23.3 Å². The fourth-order valence-corrected chi connectivity index (χ4v) is 3.00. The molecule has 7 heteroatoms. The van der Waals surface area contributed by atoms with Crippen LogP contribution < -0.4 is 11.2 Å². The first-order valence-electron chi connectivity index (χ1n) is 10.4. The minimum absolute atomic E-state index is 0.130. The second kappa shape index (κ2) is 11.8. The Morgan fingerprint density at radius 1 is 1.10 bits per heavy atom. The van der Waals surface area contributed by atoms with Crippen LogP contribution in [-0.2, 0) is 25.8 Å². The molecule has 0 aliphatic heterocycles. The zero-order chi connectivity index (χ0) is 22.9. The van der Waals surface area contributed by atoms with Crippen LogP contribution in [0.3, 0.4) is 0 Å². The van der Waals surface area contributed by atoms with Gasteiger partial charge in [-0.1, -0.05) is 65.0 Å². The molecule has 0 radical (unpaired) electrons. The second-order valence-electron chi connectivity index (χ2n) is 9.24. The molecule has 2 atom stereocenters. The molecule has 30 heavy (non-hydrogen) atoms. The molecule has 0 spiro atoms. The van der Waals surface area contributed by atoms with Gasteiger partial charge in [0.05, 0.1) is 12.6 Å². The third-order valence-electron chi connectivity index (χ3n) is 4.95. The van der Waals surface area contributed by atoms with Crippen LogP contribution in [0.4, 0.5) is 0 Å². The van der Waals surface area contributed by atoms with Crippen molar-refractivity contribution in [2.45, 2.75) is 66.5 Å². The van der Waals surface area contributed by atoms with E-state index >= 15 is 0 Å². The number of nitrogens with one attached hydrogen (secondary N) is 1. The second-order valence-corrected chi connectivity index (χ2v) is 9.24. The Kier molecular flexibility index (Phi) is 10.2. The van der Waals surface area contributed by atoms with Crippen molar-refractivity contribution in [3.8, 4) is 0 Å². The van der Waals surface area contributed by atoms with Crippen LogP contribution in [0.15, 0.2) is 30.3 Å². The summed E-state index contributed by atoms with van der Waals surface area (Å²) in [7, 11) is 1.46. The maximum atomic E-state index is 12.9. The Hall–Kier alpha value is -2.25. The van der Waals surface area contributed by atoms with Crippen LogP contribution in [0.25, 0.3) is 0 Å². The Balaban J connectivity index is 2.62. The van der Waals surface area contributed by atoms with E-state index in [4.69, 9.17) is 10.6 Å². The highest BCUT2D eigenvalue weighted by atomic mass is 16.6. The molecule has 7 nitrogen and oxygen atoms in total. The molecule has 3 N–H and O–H groups in total. The van der Waals surface area contributed by atoms with Crippen molar-refractivity contribution < 1.29 is 19.2 Å². The smallest absolute Gasteiger partial charge is 0.246 e. The minimum Gasteiger partial charge on any atom is -0.319 e. The quantitative estimate of drug-likeness (QED) is 0.568. The molecule has 3 amide bonds. The first-order chi connectivity index (χ1) is 13.9. The fourth-order valence-electron chi connectivity index (χ4n) is 3.00. The van der Waals surface area contributed by atoms with E-state index in [9.17, 15) is 14.4 Å². The van der Waals surface area contributed by atoms with Crippen LogP contribution in [-0.4, -0.2) is 35.7 Å². The monoisotopic (exact) mass is 419 g/mol. The highest BCUT2D eigenvalue weighted by Crippen LogP contribution is 2.23. The molecule has 1 aromatic carbocycles. The largest absolute Gasteiger partial charge is 0.319 e. The van der Waals surface area contributed by atoms with Crippen molar-refractivity contribution >= 4 is 17.7 Å². The zero-order valence-electron chi connectivity index (χ0n) is 19.1. The third kappa shape index (κ3) is 8.63. The van der Waals surface area contributed by atoms with E-state index in [0.717, 1.165) is 10.5 Å². The Labute approximate surface area is 180 Å². The lowest BCUT2D eigenvalue weighted by molar-refractivity contribution is -0.148. The van der Waals surface area contributed by atoms with Gasteiger partial charge in [-0.05, 0) is 29.7 Å². The first kappa shape index (κ1) is 25.8. The number of nitrogens with zero attached hydrogens (tertiary/aromatic N) is 1. The maximum absolute atomic E-state index is 12.9. The van der Waals surface area contributed by atoms with Crippen LogP contribution in [0.2, 0.25) is 0 Å². The Morgan fingerprint density at radius 2 is 1.70 bits per heavy atom. The summed E-state index contributed by atoms with van der Waals surface area (Å²) in [5, 5.41) is 0. The minimum atomic E-state index is -0.777. The number of hydrogen-bond donors (Lipinski definition) is 2. The summed E-state index contributed by atoms with van der Waals surface area (Å²) in [5.74, 6) is -1.20. The number of likely N-dealkylation sites (N-methyl/N-ethyl adjacent to an activating group) is 1. The summed E-state index contributed by atoms with van der Waals surface area (Å²) in [4.78, 5) is 44.1. The van der Waals surface area contributed by atoms with E-state index in [2.05, 4.69) is 5.48 Å². The van der Waals surface area contributed by atoms with E-state index in [1.165, 1.54) is 7.05 Å². The van der Waals surface area contributed by atoms with E-state index in [1.807, 2.05) is 65.0 Å². The molecule has 1 rings (SSSR count). The van der Waals surface area contributed by atoms with Gasteiger partial charge in [0.15, 0.2) is 0 Å². The van der Waals surface area contributed by atoms with Crippen molar-refractivity contribution in [2.24, 2.45) is 23.0 Å². The number of benzene rings is 1. The van der Waals surface area contributed by atoms with Crippen LogP contribution in [0.1, 0.15) is 59.4 Å². The molecule has 0 fully saturated rings. The summed E-state index contributed by atoms with van der Waals surface area (Å²) in [6.07, 6.45) is 1.05. The van der Waals surface area contributed by atoms with Gasteiger partial charge in [-0.15, -0.1) is 0 Å². The number of hydrogen-bond acceptors (Lipinski definition) is 5. The summed E-state index contributed by atoms with van der Waals surface area (Å²) >= 11 is 0. The molecule has 0 aliphatic rings. The first-order valence-corrected chi connectivity index (χ1v) is 10.4. The van der Waals surface area contributed by atoms with Gasteiger partial charge in [-0.25, -0.2) is 5.48 Å². The van der Waals surface area contributed by atoms with Gasteiger partial charge in [-0.2, -0.15) is 0 Å². The highest BCUT2D eigenvalue weighted by Gasteiger charge is 2.34. The fraction of sp³-hybridized carbons (Fsp3) is 0.609. The molecular weight excluding hydrogens is 382 g/mol. The summed E-state index contributed by atoms with van der Waals surface area (Å²) in [5.41, 5.74) is 8.95. The van der Waals surface area contributed by atoms with Gasteiger partial charge in [-0.3, -0.25) is 24.1 Å².